The van der Waals surface area contributed by atoms with Gasteiger partial charge in [0.25, 0.3) is 0 Å². The van der Waals surface area contributed by atoms with E-state index in [0.29, 0.717) is 0 Å². The van der Waals surface area contributed by atoms with Crippen LogP contribution >= 0.6 is 11.1 Å². The second-order valence-electron chi connectivity index (χ2n) is 3.74. The van der Waals surface area contributed by atoms with Gasteiger partial charge in [-0.25, -0.2) is 0 Å². The predicted octanol–water partition coefficient (Wildman–Crippen LogP) is 3.13. The first-order valence-electron chi connectivity index (χ1n) is 5.52. The molecule has 0 atom stereocenters. The van der Waals surface area contributed by atoms with Gasteiger partial charge in [-0.2, -0.15) is 11.1 Å². The number of benzene rings is 1. The molecule has 0 aromatic heterocycles. The fourth-order valence-electron chi connectivity index (χ4n) is 1.80. The molecule has 4 heteroatoms. The van der Waals surface area contributed by atoms with Crippen LogP contribution in [0.1, 0.15) is 13.8 Å². The largest absolute Gasteiger partial charge is 0.497 e. The van der Waals surface area contributed by atoms with E-state index >= 15 is 0 Å². The Balaban J connectivity index is 3.22. The van der Waals surface area contributed by atoms with Gasteiger partial charge < -0.3 is 9.47 Å². The smallest absolute Gasteiger partial charge is 0.190 e. The lowest BCUT2D eigenvalue weighted by molar-refractivity contribution is 0.396. The van der Waals surface area contributed by atoms with Gasteiger partial charge in [0.1, 0.15) is 11.5 Å². The highest BCUT2D eigenvalue weighted by Crippen LogP contribution is 2.27. The number of methoxy groups -OCH3 is 2. The molecule has 0 bridgehead atoms. The number of rotatable bonds is 5. The minimum atomic E-state index is -1.88. The van der Waals surface area contributed by atoms with Crippen LogP contribution in [0.3, 0.4) is 0 Å². The quantitative estimate of drug-likeness (QED) is 0.597. The number of ether oxygens (including phenoxy) is 2. The maximum absolute atomic E-state index is 6.73. The highest BCUT2D eigenvalue weighted by Gasteiger charge is 2.32. The Bertz CT molecular complexity index is 351. The van der Waals surface area contributed by atoms with Gasteiger partial charge in [-0.3, -0.25) is 0 Å². The van der Waals surface area contributed by atoms with Gasteiger partial charge in [-0.1, -0.05) is 19.9 Å². The molecule has 0 N–H and O–H groups in total. The lowest BCUT2D eigenvalue weighted by Gasteiger charge is -2.24. The molecule has 0 fully saturated rings. The Morgan fingerprint density at radius 1 is 1.12 bits per heavy atom. The lowest BCUT2D eigenvalue weighted by atomic mass is 10.3. The maximum atomic E-state index is 6.73. The molecule has 16 heavy (non-hydrogen) atoms. The molecule has 0 amide bonds. The van der Waals surface area contributed by atoms with E-state index in [-0.39, 0.29) is 0 Å². The van der Waals surface area contributed by atoms with Crippen LogP contribution < -0.4 is 14.7 Å². The number of halogens is 1. The highest BCUT2D eigenvalue weighted by molar-refractivity contribution is 7.27. The fraction of sp³-hybridized carbons (Fsp3) is 0.500. The molecule has 0 aliphatic rings. The Morgan fingerprint density at radius 2 is 1.75 bits per heavy atom. The van der Waals surface area contributed by atoms with Crippen molar-refractivity contribution in [1.29, 1.82) is 0 Å². The molecule has 1 aromatic carbocycles. The zero-order valence-electron chi connectivity index (χ0n) is 10.3. The summed E-state index contributed by atoms with van der Waals surface area (Å²) in [5.74, 6) is 1.66. The monoisotopic (exact) mass is 258 g/mol. The Hall–Kier alpha value is -0.673. The summed E-state index contributed by atoms with van der Waals surface area (Å²) < 4.78 is 10.6. The summed E-state index contributed by atoms with van der Waals surface area (Å²) in [6, 6.07) is 7.92. The van der Waals surface area contributed by atoms with Crippen LogP contribution in [0.25, 0.3) is 0 Å². The average Bonchev–Trinajstić information content (AvgIpc) is 2.37. The van der Waals surface area contributed by atoms with E-state index in [1.165, 1.54) is 5.19 Å². The van der Waals surface area contributed by atoms with Crippen LogP contribution in [0.2, 0.25) is 12.1 Å². The van der Waals surface area contributed by atoms with Gasteiger partial charge in [0.15, 0.2) is 7.38 Å². The van der Waals surface area contributed by atoms with Crippen molar-refractivity contribution in [3.63, 3.8) is 0 Å². The molecule has 0 aliphatic heterocycles. The molecule has 2 nitrogen and oxygen atoms in total. The molecular weight excluding hydrogens is 240 g/mol. The van der Waals surface area contributed by atoms with Crippen molar-refractivity contribution in [3.8, 4) is 11.5 Å². The van der Waals surface area contributed by atoms with E-state index in [4.69, 9.17) is 20.6 Å². The molecule has 0 spiro atoms. The standard InChI is InChI=1S/C12H19ClO2Si/c1-5-16(13,6-2)12-8-7-10(14-3)9-11(12)15-4/h7-9H,5-6H2,1-4H3. The van der Waals surface area contributed by atoms with Crippen LogP contribution in [0.15, 0.2) is 18.2 Å². The van der Waals surface area contributed by atoms with Crippen molar-refractivity contribution in [1.82, 2.24) is 0 Å². The minimum Gasteiger partial charge on any atom is -0.497 e. The third-order valence-corrected chi connectivity index (χ3v) is 8.85. The third-order valence-electron chi connectivity index (χ3n) is 3.01. The first kappa shape index (κ1) is 13.4. The van der Waals surface area contributed by atoms with Crippen molar-refractivity contribution in [3.05, 3.63) is 18.2 Å². The van der Waals surface area contributed by atoms with Gasteiger partial charge in [0, 0.05) is 6.07 Å². The summed E-state index contributed by atoms with van der Waals surface area (Å²) in [6.45, 7) is 4.29. The summed E-state index contributed by atoms with van der Waals surface area (Å²) in [5.41, 5.74) is 0. The molecule has 0 aliphatic carbocycles. The lowest BCUT2D eigenvalue weighted by Crippen LogP contribution is -2.41. The summed E-state index contributed by atoms with van der Waals surface area (Å²) in [4.78, 5) is 0. The normalized spacial score (nSPS) is 11.3. The van der Waals surface area contributed by atoms with Crippen LogP contribution in [-0.4, -0.2) is 21.6 Å². The zero-order valence-corrected chi connectivity index (χ0v) is 12.1. The Kier molecular flexibility index (Phi) is 4.68. The van der Waals surface area contributed by atoms with Gasteiger partial charge in [-0.05, 0) is 23.3 Å². The average molecular weight is 259 g/mol. The topological polar surface area (TPSA) is 18.5 Å². The van der Waals surface area contributed by atoms with E-state index in [0.717, 1.165) is 23.6 Å². The molecule has 0 saturated heterocycles. The van der Waals surface area contributed by atoms with Gasteiger partial charge in [0.05, 0.1) is 14.2 Å². The second-order valence-corrected chi connectivity index (χ2v) is 9.79. The predicted molar refractivity (Wildman–Crippen MR) is 71.7 cm³/mol. The number of hydrogen-bond acceptors (Lipinski definition) is 2. The van der Waals surface area contributed by atoms with E-state index in [9.17, 15) is 0 Å². The highest BCUT2D eigenvalue weighted by atomic mass is 35.6. The van der Waals surface area contributed by atoms with Gasteiger partial charge >= 0.3 is 0 Å². The van der Waals surface area contributed by atoms with Crippen molar-refractivity contribution in [2.45, 2.75) is 25.9 Å². The van der Waals surface area contributed by atoms with E-state index in [2.05, 4.69) is 13.8 Å². The second kappa shape index (κ2) is 5.59. The van der Waals surface area contributed by atoms with E-state index < -0.39 is 7.38 Å². The molecule has 1 aromatic rings. The summed E-state index contributed by atoms with van der Waals surface area (Å²) in [5, 5.41) is 1.17. The molecule has 0 unspecified atom stereocenters. The SMILES string of the molecule is CC[Si](Cl)(CC)c1ccc(OC)cc1OC. The van der Waals surface area contributed by atoms with Crippen LogP contribution in [0.5, 0.6) is 11.5 Å². The molecule has 0 heterocycles. The molecule has 0 radical (unpaired) electrons. The zero-order chi connectivity index (χ0) is 12.2. The minimum absolute atomic E-state index is 0.806. The summed E-state index contributed by atoms with van der Waals surface area (Å²) in [6.07, 6.45) is 0. The van der Waals surface area contributed by atoms with Crippen molar-refractivity contribution in [2.24, 2.45) is 0 Å². The van der Waals surface area contributed by atoms with Gasteiger partial charge in [0.2, 0.25) is 0 Å². The Morgan fingerprint density at radius 3 is 2.19 bits per heavy atom. The maximum Gasteiger partial charge on any atom is 0.190 e. The van der Waals surface area contributed by atoms with Crippen molar-refractivity contribution in [2.75, 3.05) is 14.2 Å². The van der Waals surface area contributed by atoms with Crippen molar-refractivity contribution < 1.29 is 9.47 Å². The van der Waals surface area contributed by atoms with Crippen LogP contribution in [-0.2, 0) is 0 Å². The van der Waals surface area contributed by atoms with E-state index in [1.807, 2.05) is 18.2 Å². The summed E-state index contributed by atoms with van der Waals surface area (Å²) in [7, 11) is 1.45. The van der Waals surface area contributed by atoms with Crippen molar-refractivity contribution >= 4 is 23.6 Å². The molecule has 90 valence electrons. The summed E-state index contributed by atoms with van der Waals surface area (Å²) >= 11 is 6.73. The van der Waals surface area contributed by atoms with Crippen LogP contribution in [0.4, 0.5) is 0 Å². The first-order chi connectivity index (χ1) is 7.61. The Labute approximate surface area is 103 Å². The molecular formula is C12H19ClO2Si. The fourth-order valence-corrected chi connectivity index (χ4v) is 4.53. The molecule has 0 saturated carbocycles. The molecule has 1 rings (SSSR count). The number of hydrogen-bond donors (Lipinski definition) is 0. The van der Waals surface area contributed by atoms with Crippen LogP contribution in [0, 0.1) is 0 Å². The first-order valence-corrected chi connectivity index (χ1v) is 8.95. The van der Waals surface area contributed by atoms with Gasteiger partial charge in [-0.15, -0.1) is 0 Å². The van der Waals surface area contributed by atoms with E-state index in [1.54, 1.807) is 14.2 Å². The third kappa shape index (κ3) is 2.52.